The Morgan fingerprint density at radius 1 is 1.12 bits per heavy atom. The first-order chi connectivity index (χ1) is 11.7. The van der Waals surface area contributed by atoms with Gasteiger partial charge in [0.15, 0.2) is 0 Å². The highest BCUT2D eigenvalue weighted by molar-refractivity contribution is 7.17. The average molecular weight is 345 g/mol. The van der Waals surface area contributed by atoms with Crippen LogP contribution in [0.1, 0.15) is 18.9 Å². The molecule has 1 saturated heterocycles. The highest BCUT2D eigenvalue weighted by Gasteiger charge is 2.24. The molecule has 0 atom stereocenters. The molecule has 1 aliphatic rings. The number of thiophene rings is 1. The fourth-order valence-electron chi connectivity index (χ4n) is 2.95. The quantitative estimate of drug-likeness (QED) is 0.926. The van der Waals surface area contributed by atoms with Crippen molar-refractivity contribution in [2.24, 2.45) is 0 Å². The average Bonchev–Trinajstić information content (AvgIpc) is 3.03. The standard InChI is InChI=1S/C18H23N3O2S/c1-2-7-19-18(23)21-10-8-20(9-11-21)17(22)12-14-13-24-16-6-4-3-5-15(14)16/h3-6,13H,2,7-12H2,1H3,(H,19,23). The minimum absolute atomic E-state index is 0.0206. The van der Waals surface area contributed by atoms with Crippen LogP contribution >= 0.6 is 11.3 Å². The molecular weight excluding hydrogens is 322 g/mol. The van der Waals surface area contributed by atoms with Crippen molar-refractivity contribution in [2.75, 3.05) is 32.7 Å². The van der Waals surface area contributed by atoms with E-state index >= 15 is 0 Å². The molecule has 0 aliphatic carbocycles. The Balaban J connectivity index is 1.55. The van der Waals surface area contributed by atoms with Crippen LogP contribution in [0.5, 0.6) is 0 Å². The van der Waals surface area contributed by atoms with Crippen LogP contribution in [0.25, 0.3) is 10.1 Å². The summed E-state index contributed by atoms with van der Waals surface area (Å²) in [7, 11) is 0. The van der Waals surface area contributed by atoms with Crippen molar-refractivity contribution in [3.63, 3.8) is 0 Å². The summed E-state index contributed by atoms with van der Waals surface area (Å²) in [5, 5.41) is 6.14. The van der Waals surface area contributed by atoms with E-state index in [0.29, 0.717) is 39.1 Å². The number of carbonyl (C=O) groups is 2. The number of piperazine rings is 1. The monoisotopic (exact) mass is 345 g/mol. The van der Waals surface area contributed by atoms with E-state index in [-0.39, 0.29) is 11.9 Å². The van der Waals surface area contributed by atoms with Gasteiger partial charge in [0.2, 0.25) is 5.91 Å². The number of benzene rings is 1. The number of urea groups is 1. The summed E-state index contributed by atoms with van der Waals surface area (Å²) in [6, 6.07) is 8.17. The second kappa shape index (κ2) is 7.66. The molecule has 0 unspecified atom stereocenters. The first-order valence-electron chi connectivity index (χ1n) is 8.44. The molecule has 1 aliphatic heterocycles. The maximum Gasteiger partial charge on any atom is 0.317 e. The molecule has 1 N–H and O–H groups in total. The molecule has 0 radical (unpaired) electrons. The normalized spacial score (nSPS) is 14.9. The van der Waals surface area contributed by atoms with Gasteiger partial charge in [0.25, 0.3) is 0 Å². The molecule has 1 fully saturated rings. The molecule has 3 rings (SSSR count). The number of nitrogens with one attached hydrogen (secondary N) is 1. The van der Waals surface area contributed by atoms with Gasteiger partial charge >= 0.3 is 6.03 Å². The van der Waals surface area contributed by atoms with Gasteiger partial charge in [-0.2, -0.15) is 0 Å². The molecule has 6 heteroatoms. The molecule has 0 bridgehead atoms. The third-order valence-corrected chi connectivity index (χ3v) is 5.36. The summed E-state index contributed by atoms with van der Waals surface area (Å²) in [6.45, 7) is 5.16. The summed E-state index contributed by atoms with van der Waals surface area (Å²) in [5.41, 5.74) is 1.10. The van der Waals surface area contributed by atoms with Gasteiger partial charge in [-0.05, 0) is 28.8 Å². The van der Waals surface area contributed by atoms with E-state index in [2.05, 4.69) is 22.8 Å². The van der Waals surface area contributed by atoms with E-state index in [1.165, 1.54) is 10.1 Å². The molecule has 2 aromatic rings. The predicted octanol–water partition coefficient (Wildman–Crippen LogP) is 2.71. The van der Waals surface area contributed by atoms with Crippen LogP contribution < -0.4 is 5.32 Å². The van der Waals surface area contributed by atoms with Gasteiger partial charge in [-0.25, -0.2) is 4.79 Å². The van der Waals surface area contributed by atoms with E-state index in [9.17, 15) is 9.59 Å². The van der Waals surface area contributed by atoms with Gasteiger partial charge in [-0.15, -0.1) is 11.3 Å². The molecule has 128 valence electrons. The number of rotatable bonds is 4. The van der Waals surface area contributed by atoms with E-state index in [1.54, 1.807) is 16.2 Å². The Morgan fingerprint density at radius 3 is 2.58 bits per heavy atom. The van der Waals surface area contributed by atoms with Gasteiger partial charge in [0, 0.05) is 37.4 Å². The van der Waals surface area contributed by atoms with E-state index in [4.69, 9.17) is 0 Å². The number of fused-ring (bicyclic) bond motifs is 1. The maximum absolute atomic E-state index is 12.6. The van der Waals surface area contributed by atoms with Crippen molar-refractivity contribution >= 4 is 33.4 Å². The number of hydrogen-bond donors (Lipinski definition) is 1. The molecule has 0 spiro atoms. The molecule has 5 nitrogen and oxygen atoms in total. The lowest BCUT2D eigenvalue weighted by atomic mass is 10.1. The highest BCUT2D eigenvalue weighted by atomic mass is 32.1. The van der Waals surface area contributed by atoms with Crippen LogP contribution in [-0.4, -0.2) is 54.5 Å². The Hall–Kier alpha value is -2.08. The lowest BCUT2D eigenvalue weighted by molar-refractivity contribution is -0.131. The van der Waals surface area contributed by atoms with Crippen molar-refractivity contribution in [1.29, 1.82) is 0 Å². The topological polar surface area (TPSA) is 52.7 Å². The van der Waals surface area contributed by atoms with Crippen molar-refractivity contribution in [2.45, 2.75) is 19.8 Å². The number of carbonyl (C=O) groups excluding carboxylic acids is 2. The SMILES string of the molecule is CCCNC(=O)N1CCN(C(=O)Cc2csc3ccccc23)CC1. The van der Waals surface area contributed by atoms with Crippen molar-refractivity contribution < 1.29 is 9.59 Å². The molecule has 24 heavy (non-hydrogen) atoms. The summed E-state index contributed by atoms with van der Waals surface area (Å²) in [6.07, 6.45) is 1.37. The molecule has 1 aromatic carbocycles. The first-order valence-corrected chi connectivity index (χ1v) is 9.32. The lowest BCUT2D eigenvalue weighted by Gasteiger charge is -2.34. The van der Waals surface area contributed by atoms with Crippen LogP contribution in [0.2, 0.25) is 0 Å². The van der Waals surface area contributed by atoms with Gasteiger partial charge in [0.1, 0.15) is 0 Å². The van der Waals surface area contributed by atoms with Crippen LogP contribution in [-0.2, 0) is 11.2 Å². The zero-order valence-corrected chi connectivity index (χ0v) is 14.8. The molecule has 0 saturated carbocycles. The van der Waals surface area contributed by atoms with Gasteiger partial charge < -0.3 is 15.1 Å². The fraction of sp³-hybridized carbons (Fsp3) is 0.444. The molecular formula is C18H23N3O2S. The molecule has 1 aromatic heterocycles. The van der Waals surface area contributed by atoms with Gasteiger partial charge in [-0.1, -0.05) is 25.1 Å². The molecule has 3 amide bonds. The Kier molecular flexibility index (Phi) is 5.35. The highest BCUT2D eigenvalue weighted by Crippen LogP contribution is 2.26. The maximum atomic E-state index is 12.6. The van der Waals surface area contributed by atoms with Crippen LogP contribution in [0.4, 0.5) is 4.79 Å². The minimum Gasteiger partial charge on any atom is -0.339 e. The second-order valence-electron chi connectivity index (χ2n) is 6.03. The fourth-order valence-corrected chi connectivity index (χ4v) is 3.91. The van der Waals surface area contributed by atoms with E-state index in [0.717, 1.165) is 12.0 Å². The third-order valence-electron chi connectivity index (χ3n) is 4.35. The van der Waals surface area contributed by atoms with E-state index in [1.807, 2.05) is 24.0 Å². The zero-order valence-electron chi connectivity index (χ0n) is 14.0. The van der Waals surface area contributed by atoms with Crippen molar-refractivity contribution in [3.05, 3.63) is 35.2 Å². The Morgan fingerprint density at radius 2 is 1.83 bits per heavy atom. The van der Waals surface area contributed by atoms with Crippen molar-refractivity contribution in [1.82, 2.24) is 15.1 Å². The molecule has 2 heterocycles. The van der Waals surface area contributed by atoms with Crippen LogP contribution in [0.15, 0.2) is 29.6 Å². The predicted molar refractivity (Wildman–Crippen MR) is 97.4 cm³/mol. The minimum atomic E-state index is -0.0206. The zero-order chi connectivity index (χ0) is 16.9. The first kappa shape index (κ1) is 16.8. The number of hydrogen-bond acceptors (Lipinski definition) is 3. The number of amides is 3. The van der Waals surface area contributed by atoms with Gasteiger partial charge in [0.05, 0.1) is 6.42 Å². The van der Waals surface area contributed by atoms with Crippen LogP contribution in [0, 0.1) is 0 Å². The second-order valence-corrected chi connectivity index (χ2v) is 6.94. The van der Waals surface area contributed by atoms with Gasteiger partial charge in [-0.3, -0.25) is 4.79 Å². The summed E-state index contributed by atoms with van der Waals surface area (Å²) >= 11 is 1.68. The lowest BCUT2D eigenvalue weighted by Crippen LogP contribution is -2.53. The largest absolute Gasteiger partial charge is 0.339 e. The third kappa shape index (κ3) is 3.70. The summed E-state index contributed by atoms with van der Waals surface area (Å²) in [4.78, 5) is 28.2. The van der Waals surface area contributed by atoms with E-state index < -0.39 is 0 Å². The number of nitrogens with zero attached hydrogens (tertiary/aromatic N) is 2. The van der Waals surface area contributed by atoms with Crippen molar-refractivity contribution in [3.8, 4) is 0 Å². The smallest absolute Gasteiger partial charge is 0.317 e. The Labute approximate surface area is 146 Å². The summed E-state index contributed by atoms with van der Waals surface area (Å²) in [5.74, 6) is 0.146. The van der Waals surface area contributed by atoms with Crippen LogP contribution in [0.3, 0.4) is 0 Å². The summed E-state index contributed by atoms with van der Waals surface area (Å²) < 4.78 is 1.22. The Bertz CT molecular complexity index is 720.